The Balaban J connectivity index is 1.39. The summed E-state index contributed by atoms with van der Waals surface area (Å²) >= 11 is 0. The van der Waals surface area contributed by atoms with Gasteiger partial charge in [-0.25, -0.2) is 4.98 Å². The number of hydrogen-bond acceptors (Lipinski definition) is 5. The van der Waals surface area contributed by atoms with Gasteiger partial charge in [0.2, 0.25) is 0 Å². The number of imidazole rings is 1. The van der Waals surface area contributed by atoms with Gasteiger partial charge >= 0.3 is 0 Å². The van der Waals surface area contributed by atoms with Crippen LogP contribution in [-0.4, -0.2) is 42.8 Å². The minimum Gasteiger partial charge on any atom is -0.493 e. The molecule has 0 spiro atoms. The van der Waals surface area contributed by atoms with Gasteiger partial charge in [0.05, 0.1) is 31.8 Å². The molecule has 0 saturated heterocycles. The molecule has 3 aromatic carbocycles. The number of carbonyl (C=O) groups excluding carboxylic acids is 1. The van der Waals surface area contributed by atoms with Crippen LogP contribution in [0, 0.1) is 0 Å². The van der Waals surface area contributed by atoms with E-state index in [2.05, 4.69) is 41.9 Å². The van der Waals surface area contributed by atoms with E-state index in [0.717, 1.165) is 29.0 Å². The fraction of sp³-hybridized carbons (Fsp3) is 0.333. The first-order chi connectivity index (χ1) is 18.0. The van der Waals surface area contributed by atoms with Crippen LogP contribution in [0.2, 0.25) is 0 Å². The van der Waals surface area contributed by atoms with Gasteiger partial charge in [0.1, 0.15) is 18.2 Å². The monoisotopic (exact) mass is 501 g/mol. The first-order valence-corrected chi connectivity index (χ1v) is 12.7. The minimum atomic E-state index is -0.173. The van der Waals surface area contributed by atoms with Crippen molar-refractivity contribution in [2.24, 2.45) is 0 Å². The average molecular weight is 502 g/mol. The Kier molecular flexibility index (Phi) is 8.67. The second-order valence-electron chi connectivity index (χ2n) is 8.97. The molecule has 0 radical (unpaired) electrons. The third-order valence-electron chi connectivity index (χ3n) is 6.66. The van der Waals surface area contributed by atoms with Gasteiger partial charge in [-0.2, -0.15) is 0 Å². The lowest BCUT2D eigenvalue weighted by atomic mass is 9.99. The maximum Gasteiger partial charge on any atom is 0.251 e. The van der Waals surface area contributed by atoms with Gasteiger partial charge in [-0.15, -0.1) is 0 Å². The van der Waals surface area contributed by atoms with E-state index in [4.69, 9.17) is 19.2 Å². The van der Waals surface area contributed by atoms with Crippen LogP contribution >= 0.6 is 0 Å². The Morgan fingerprint density at radius 3 is 2.49 bits per heavy atom. The number of para-hydroxylation sites is 2. The van der Waals surface area contributed by atoms with Gasteiger partial charge in [-0.05, 0) is 60.4 Å². The molecular formula is C30H35N3O4. The van der Waals surface area contributed by atoms with Crippen LogP contribution in [0.5, 0.6) is 17.2 Å². The van der Waals surface area contributed by atoms with Crippen LogP contribution in [0.15, 0.2) is 66.7 Å². The van der Waals surface area contributed by atoms with E-state index in [1.165, 1.54) is 5.56 Å². The number of carbonyl (C=O) groups is 1. The van der Waals surface area contributed by atoms with Crippen molar-refractivity contribution in [2.75, 3.05) is 27.4 Å². The molecule has 1 amide bonds. The van der Waals surface area contributed by atoms with Gasteiger partial charge in [-0.1, -0.05) is 38.1 Å². The molecule has 1 N–H and O–H groups in total. The molecule has 0 aliphatic carbocycles. The number of ether oxygens (including phenoxy) is 3. The highest BCUT2D eigenvalue weighted by Crippen LogP contribution is 2.27. The van der Waals surface area contributed by atoms with E-state index in [1.54, 1.807) is 32.4 Å². The van der Waals surface area contributed by atoms with Crippen LogP contribution in [0.3, 0.4) is 0 Å². The molecule has 1 unspecified atom stereocenters. The van der Waals surface area contributed by atoms with E-state index in [9.17, 15) is 4.79 Å². The van der Waals surface area contributed by atoms with Gasteiger partial charge in [0.25, 0.3) is 5.91 Å². The highest BCUT2D eigenvalue weighted by Gasteiger charge is 2.13. The molecule has 0 aliphatic rings. The molecule has 37 heavy (non-hydrogen) atoms. The molecule has 0 aliphatic heterocycles. The lowest BCUT2D eigenvalue weighted by Crippen LogP contribution is -2.26. The van der Waals surface area contributed by atoms with Crippen molar-refractivity contribution in [1.29, 1.82) is 0 Å². The van der Waals surface area contributed by atoms with Gasteiger partial charge in [0, 0.05) is 18.5 Å². The van der Waals surface area contributed by atoms with E-state index in [0.29, 0.717) is 49.1 Å². The molecule has 4 aromatic rings. The second kappa shape index (κ2) is 12.3. The lowest BCUT2D eigenvalue weighted by molar-refractivity contribution is 0.0953. The molecule has 1 aromatic heterocycles. The van der Waals surface area contributed by atoms with Crippen molar-refractivity contribution >= 4 is 16.9 Å². The summed E-state index contributed by atoms with van der Waals surface area (Å²) in [7, 11) is 3.12. The normalized spacial score (nSPS) is 11.8. The molecule has 0 bridgehead atoms. The maximum absolute atomic E-state index is 12.7. The number of nitrogens with zero attached hydrogens (tertiary/aromatic N) is 2. The molecule has 7 nitrogen and oxygen atoms in total. The highest BCUT2D eigenvalue weighted by atomic mass is 16.5. The zero-order valence-electron chi connectivity index (χ0n) is 22.0. The summed E-state index contributed by atoms with van der Waals surface area (Å²) < 4.78 is 18.8. The average Bonchev–Trinajstić information content (AvgIpc) is 3.29. The Morgan fingerprint density at radius 1 is 1.00 bits per heavy atom. The third-order valence-corrected chi connectivity index (χ3v) is 6.66. The standard InChI is InChI=1S/C30H35N3O4/c1-5-21(2)22-10-13-24(14-11-22)37-19-18-33-26-9-7-6-8-25(26)32-29(33)16-17-31-30(34)23-12-15-27(35-3)28(20-23)36-4/h6-15,20-21H,5,16-19H2,1-4H3,(H,31,34). The molecule has 4 rings (SSSR count). The Labute approximate surface area is 218 Å². The zero-order valence-corrected chi connectivity index (χ0v) is 22.0. The topological polar surface area (TPSA) is 74.6 Å². The van der Waals surface area contributed by atoms with Crippen molar-refractivity contribution in [3.05, 3.63) is 83.7 Å². The predicted molar refractivity (Wildman–Crippen MR) is 146 cm³/mol. The Morgan fingerprint density at radius 2 is 1.76 bits per heavy atom. The number of methoxy groups -OCH3 is 2. The van der Waals surface area contributed by atoms with Crippen molar-refractivity contribution < 1.29 is 19.0 Å². The lowest BCUT2D eigenvalue weighted by Gasteiger charge is -2.13. The van der Waals surface area contributed by atoms with Crippen molar-refractivity contribution in [1.82, 2.24) is 14.9 Å². The van der Waals surface area contributed by atoms with Crippen molar-refractivity contribution in [3.63, 3.8) is 0 Å². The van der Waals surface area contributed by atoms with Gasteiger partial charge in [0.15, 0.2) is 11.5 Å². The van der Waals surface area contributed by atoms with Gasteiger partial charge < -0.3 is 24.1 Å². The summed E-state index contributed by atoms with van der Waals surface area (Å²) in [4.78, 5) is 17.5. The van der Waals surface area contributed by atoms with Crippen LogP contribution in [0.1, 0.15) is 47.9 Å². The van der Waals surface area contributed by atoms with E-state index >= 15 is 0 Å². The summed E-state index contributed by atoms with van der Waals surface area (Å²) in [6.07, 6.45) is 1.71. The van der Waals surface area contributed by atoms with Crippen LogP contribution in [0.25, 0.3) is 11.0 Å². The van der Waals surface area contributed by atoms with Crippen LogP contribution in [0.4, 0.5) is 0 Å². The number of fused-ring (bicyclic) bond motifs is 1. The second-order valence-corrected chi connectivity index (χ2v) is 8.97. The Hall–Kier alpha value is -4.00. The molecule has 0 fully saturated rings. The number of benzene rings is 3. The summed E-state index contributed by atoms with van der Waals surface area (Å²) in [5.41, 5.74) is 3.83. The highest BCUT2D eigenvalue weighted by molar-refractivity contribution is 5.94. The summed E-state index contributed by atoms with van der Waals surface area (Å²) in [6.45, 7) is 6.07. The zero-order chi connectivity index (χ0) is 26.2. The number of nitrogens with one attached hydrogen (secondary N) is 1. The Bertz CT molecular complexity index is 1330. The molecule has 1 heterocycles. The van der Waals surface area contributed by atoms with Crippen molar-refractivity contribution in [2.45, 2.75) is 39.2 Å². The smallest absolute Gasteiger partial charge is 0.251 e. The fourth-order valence-electron chi connectivity index (χ4n) is 4.32. The minimum absolute atomic E-state index is 0.173. The van der Waals surface area contributed by atoms with E-state index in [1.807, 2.05) is 30.3 Å². The van der Waals surface area contributed by atoms with E-state index < -0.39 is 0 Å². The quantitative estimate of drug-likeness (QED) is 0.273. The molecule has 194 valence electrons. The summed E-state index contributed by atoms with van der Waals surface area (Å²) in [6, 6.07) is 21.6. The molecule has 0 saturated carbocycles. The number of aromatic nitrogens is 2. The SMILES string of the molecule is CCC(C)c1ccc(OCCn2c(CCNC(=O)c3ccc(OC)c(OC)c3)nc3ccccc32)cc1. The van der Waals surface area contributed by atoms with Crippen LogP contribution in [-0.2, 0) is 13.0 Å². The van der Waals surface area contributed by atoms with Gasteiger partial charge in [-0.3, -0.25) is 4.79 Å². The van der Waals surface area contributed by atoms with Crippen LogP contribution < -0.4 is 19.5 Å². The first kappa shape index (κ1) is 26.1. The number of hydrogen-bond donors (Lipinski definition) is 1. The largest absolute Gasteiger partial charge is 0.493 e. The first-order valence-electron chi connectivity index (χ1n) is 12.7. The predicted octanol–water partition coefficient (Wildman–Crippen LogP) is 5.62. The fourth-order valence-corrected chi connectivity index (χ4v) is 4.32. The number of amides is 1. The molecule has 1 atom stereocenters. The summed E-state index contributed by atoms with van der Waals surface area (Å²) in [5, 5.41) is 2.99. The van der Waals surface area contributed by atoms with E-state index in [-0.39, 0.29) is 5.91 Å². The summed E-state index contributed by atoms with van der Waals surface area (Å²) in [5.74, 6) is 3.24. The third kappa shape index (κ3) is 6.23. The molecule has 7 heteroatoms. The maximum atomic E-state index is 12.7. The van der Waals surface area contributed by atoms with Crippen molar-refractivity contribution in [3.8, 4) is 17.2 Å². The number of rotatable bonds is 12. The molecular weight excluding hydrogens is 466 g/mol.